The van der Waals surface area contributed by atoms with Crippen LogP contribution in [0.25, 0.3) is 0 Å². The van der Waals surface area contributed by atoms with E-state index >= 15 is 0 Å². The molecule has 1 unspecified atom stereocenters. The average molecular weight is 158 g/mol. The molecule has 0 saturated heterocycles. The number of hydrogen-bond acceptors (Lipinski definition) is 3. The van der Waals surface area contributed by atoms with Gasteiger partial charge in [0.15, 0.2) is 0 Å². The first-order valence-corrected chi connectivity index (χ1v) is 2.07. The van der Waals surface area contributed by atoms with E-state index in [1.54, 1.807) is 0 Å². The molecule has 0 radical (unpaired) electrons. The summed E-state index contributed by atoms with van der Waals surface area (Å²) in [7, 11) is 1.00. The van der Waals surface area contributed by atoms with Crippen LogP contribution in [-0.4, -0.2) is 29.3 Å². The van der Waals surface area contributed by atoms with Gasteiger partial charge in [-0.15, -0.1) is 12.4 Å². The van der Waals surface area contributed by atoms with Gasteiger partial charge in [-0.05, 0) is 6.92 Å². The van der Waals surface area contributed by atoms with Gasteiger partial charge in [0, 0.05) is 7.11 Å². The van der Waals surface area contributed by atoms with E-state index < -0.39 is 12.0 Å². The molecule has 0 amide bonds. The molecule has 0 aliphatic heterocycles. The largest absolute Gasteiger partial charge is 0.480 e. The number of aliphatic hydroxyl groups is 1. The normalized spacial score (nSPS) is 9.78. The minimum atomic E-state index is -0.963. The van der Waals surface area contributed by atoms with Crippen molar-refractivity contribution in [2.24, 2.45) is 5.73 Å². The van der Waals surface area contributed by atoms with E-state index in [0.29, 0.717) is 0 Å². The highest BCUT2D eigenvalue weighted by molar-refractivity contribution is 5.85. The van der Waals surface area contributed by atoms with E-state index in [0.717, 1.165) is 7.11 Å². The number of aliphatic carboxylic acids is 1. The molecule has 0 aliphatic carbocycles. The quantitative estimate of drug-likeness (QED) is 0.477. The Hall–Kier alpha value is -0.320. The molecule has 1 atom stereocenters. The lowest BCUT2D eigenvalue weighted by atomic mass is 10.4. The van der Waals surface area contributed by atoms with E-state index in [1.165, 1.54) is 6.92 Å². The maximum atomic E-state index is 9.57. The standard InChI is InChI=1S/C3H7NO2.CH4O.ClH/c1-2(4)3(5)6;1-2;/h2H,4H2,1H3,(H,5,6);2H,1H3;1H. The number of carbonyl (C=O) groups is 1. The molecule has 5 heteroatoms. The van der Waals surface area contributed by atoms with Crippen LogP contribution in [0.4, 0.5) is 0 Å². The third kappa shape index (κ3) is 18.3. The summed E-state index contributed by atoms with van der Waals surface area (Å²) in [4.78, 5) is 9.57. The first-order chi connectivity index (χ1) is 3.64. The summed E-state index contributed by atoms with van der Waals surface area (Å²) >= 11 is 0. The number of carboxylic acids is 1. The predicted octanol–water partition coefficient (Wildman–Crippen LogP) is -0.551. The zero-order valence-electron chi connectivity index (χ0n) is 5.37. The van der Waals surface area contributed by atoms with Crippen LogP contribution in [0.15, 0.2) is 0 Å². The van der Waals surface area contributed by atoms with Crippen LogP contribution < -0.4 is 5.73 Å². The van der Waals surface area contributed by atoms with Crippen LogP contribution >= 0.6 is 12.4 Å². The minimum absolute atomic E-state index is 0. The highest BCUT2D eigenvalue weighted by Crippen LogP contribution is 1.68. The summed E-state index contributed by atoms with van der Waals surface area (Å²) < 4.78 is 0. The molecule has 0 aromatic carbocycles. The molecular formula is C4H12ClNO3. The summed E-state index contributed by atoms with van der Waals surface area (Å²) in [6.45, 7) is 1.42. The Bertz CT molecular complexity index is 66.8. The molecule has 0 spiro atoms. The van der Waals surface area contributed by atoms with Crippen LogP contribution in [0.1, 0.15) is 6.92 Å². The van der Waals surface area contributed by atoms with Crippen LogP contribution in [0.5, 0.6) is 0 Å². The topological polar surface area (TPSA) is 83.6 Å². The molecule has 4 nitrogen and oxygen atoms in total. The second-order valence-corrected chi connectivity index (χ2v) is 1.13. The number of aliphatic hydroxyl groups excluding tert-OH is 1. The number of rotatable bonds is 1. The highest BCUT2D eigenvalue weighted by atomic mass is 35.5. The van der Waals surface area contributed by atoms with Crippen molar-refractivity contribution in [1.82, 2.24) is 0 Å². The van der Waals surface area contributed by atoms with Gasteiger partial charge in [-0.1, -0.05) is 0 Å². The van der Waals surface area contributed by atoms with Gasteiger partial charge in [0.25, 0.3) is 0 Å². The van der Waals surface area contributed by atoms with Gasteiger partial charge in [-0.25, -0.2) is 0 Å². The summed E-state index contributed by atoms with van der Waals surface area (Å²) in [6, 6.07) is -0.731. The van der Waals surface area contributed by atoms with Gasteiger partial charge >= 0.3 is 5.97 Å². The Balaban J connectivity index is -0.000000109. The molecule has 0 saturated carbocycles. The molecule has 4 N–H and O–H groups in total. The molecule has 58 valence electrons. The fourth-order valence-corrected chi connectivity index (χ4v) is 0. The Morgan fingerprint density at radius 2 is 1.67 bits per heavy atom. The van der Waals surface area contributed by atoms with E-state index in [2.05, 4.69) is 0 Å². The number of hydrogen-bond donors (Lipinski definition) is 3. The lowest BCUT2D eigenvalue weighted by Gasteiger charge is -1.90. The van der Waals surface area contributed by atoms with E-state index in [9.17, 15) is 4.79 Å². The van der Waals surface area contributed by atoms with Crippen LogP contribution in [0.2, 0.25) is 0 Å². The fraction of sp³-hybridized carbons (Fsp3) is 0.750. The maximum Gasteiger partial charge on any atom is 0.320 e. The smallest absolute Gasteiger partial charge is 0.320 e. The van der Waals surface area contributed by atoms with Gasteiger partial charge in [0.2, 0.25) is 0 Å². The fourth-order valence-electron chi connectivity index (χ4n) is 0. The third-order valence-electron chi connectivity index (χ3n) is 0.390. The van der Waals surface area contributed by atoms with Crippen LogP contribution in [0, 0.1) is 0 Å². The van der Waals surface area contributed by atoms with E-state index in [-0.39, 0.29) is 12.4 Å². The molecule has 0 aliphatic rings. The van der Waals surface area contributed by atoms with Crippen molar-refractivity contribution in [2.75, 3.05) is 7.11 Å². The Morgan fingerprint density at radius 3 is 1.67 bits per heavy atom. The lowest BCUT2D eigenvalue weighted by Crippen LogP contribution is -2.25. The maximum absolute atomic E-state index is 9.57. The van der Waals surface area contributed by atoms with Crippen LogP contribution in [0.3, 0.4) is 0 Å². The van der Waals surface area contributed by atoms with Crippen molar-refractivity contribution in [1.29, 1.82) is 0 Å². The van der Waals surface area contributed by atoms with Crippen molar-refractivity contribution < 1.29 is 15.0 Å². The number of halogens is 1. The van der Waals surface area contributed by atoms with Gasteiger partial charge in [0.1, 0.15) is 6.04 Å². The number of carboxylic acid groups (broad SMARTS) is 1. The Morgan fingerprint density at radius 1 is 1.56 bits per heavy atom. The SMILES string of the molecule is CC(N)C(=O)O.CO.Cl. The average Bonchev–Trinajstić information content (AvgIpc) is 1.72. The predicted molar refractivity (Wildman–Crippen MR) is 36.7 cm³/mol. The van der Waals surface area contributed by atoms with E-state index in [4.69, 9.17) is 15.9 Å². The summed E-state index contributed by atoms with van der Waals surface area (Å²) in [5, 5.41) is 14.9. The van der Waals surface area contributed by atoms with E-state index in [1.807, 2.05) is 0 Å². The Labute approximate surface area is 60.1 Å². The molecule has 0 aromatic heterocycles. The molecule has 0 bridgehead atoms. The molecule has 0 fully saturated rings. The van der Waals surface area contributed by atoms with Crippen molar-refractivity contribution in [3.63, 3.8) is 0 Å². The second kappa shape index (κ2) is 10.6. The van der Waals surface area contributed by atoms with Gasteiger partial charge in [-0.2, -0.15) is 0 Å². The van der Waals surface area contributed by atoms with Crippen LogP contribution in [-0.2, 0) is 4.79 Å². The second-order valence-electron chi connectivity index (χ2n) is 1.13. The monoisotopic (exact) mass is 157 g/mol. The van der Waals surface area contributed by atoms with Crippen molar-refractivity contribution in [3.05, 3.63) is 0 Å². The van der Waals surface area contributed by atoms with Gasteiger partial charge < -0.3 is 15.9 Å². The summed E-state index contributed by atoms with van der Waals surface area (Å²) in [6.07, 6.45) is 0. The summed E-state index contributed by atoms with van der Waals surface area (Å²) in [5.74, 6) is -0.963. The minimum Gasteiger partial charge on any atom is -0.480 e. The van der Waals surface area contributed by atoms with Crippen molar-refractivity contribution in [3.8, 4) is 0 Å². The summed E-state index contributed by atoms with van der Waals surface area (Å²) in [5.41, 5.74) is 4.84. The van der Waals surface area contributed by atoms with Gasteiger partial charge in [-0.3, -0.25) is 4.79 Å². The molecule has 0 heterocycles. The number of nitrogens with two attached hydrogens (primary N) is 1. The highest BCUT2D eigenvalue weighted by Gasteiger charge is 1.99. The zero-order chi connectivity index (χ0) is 7.15. The van der Waals surface area contributed by atoms with Crippen molar-refractivity contribution >= 4 is 18.4 Å². The zero-order valence-corrected chi connectivity index (χ0v) is 6.18. The van der Waals surface area contributed by atoms with Crippen molar-refractivity contribution in [2.45, 2.75) is 13.0 Å². The Kier molecular flexibility index (Phi) is 18.7. The first kappa shape index (κ1) is 15.9. The lowest BCUT2D eigenvalue weighted by molar-refractivity contribution is -0.138. The molecule has 9 heavy (non-hydrogen) atoms. The molecular weight excluding hydrogens is 146 g/mol. The van der Waals surface area contributed by atoms with Gasteiger partial charge in [0.05, 0.1) is 0 Å². The molecule has 0 aromatic rings. The first-order valence-electron chi connectivity index (χ1n) is 2.07. The molecule has 0 rings (SSSR count). The third-order valence-corrected chi connectivity index (χ3v) is 0.390.